The molecule has 2 rings (SSSR count). The van der Waals surface area contributed by atoms with Crippen molar-refractivity contribution in [3.05, 3.63) is 71.8 Å². The molecule has 0 N–H and O–H groups in total. The van der Waals surface area contributed by atoms with Crippen molar-refractivity contribution in [2.75, 3.05) is 0 Å². The van der Waals surface area contributed by atoms with Crippen molar-refractivity contribution in [3.8, 4) is 0 Å². The van der Waals surface area contributed by atoms with Gasteiger partial charge in [-0.2, -0.15) is 0 Å². The molecule has 2 aromatic carbocycles. The molecule has 0 saturated carbocycles. The van der Waals surface area contributed by atoms with E-state index in [9.17, 15) is 0 Å². The van der Waals surface area contributed by atoms with Gasteiger partial charge in [0.15, 0.2) is 0 Å². The SMILES string of the molecule is C.CC(C)(C)CCc1ccccc1.CC(C)(C)CCc1ccccc1. The van der Waals surface area contributed by atoms with Crippen LogP contribution < -0.4 is 0 Å². The van der Waals surface area contributed by atoms with E-state index < -0.39 is 0 Å². The topological polar surface area (TPSA) is 0 Å². The quantitative estimate of drug-likeness (QED) is 0.529. The molecule has 140 valence electrons. The maximum atomic E-state index is 2.29. The van der Waals surface area contributed by atoms with Gasteiger partial charge in [0.05, 0.1) is 0 Å². The maximum Gasteiger partial charge on any atom is -0.0274 e. The van der Waals surface area contributed by atoms with Gasteiger partial charge in [0.1, 0.15) is 0 Å². The molecule has 0 aliphatic heterocycles. The molecule has 0 aliphatic carbocycles. The fraction of sp³-hybridized carbons (Fsp3) is 0.520. The first kappa shape index (κ1) is 23.4. The van der Waals surface area contributed by atoms with Crippen LogP contribution in [0.5, 0.6) is 0 Å². The minimum Gasteiger partial charge on any atom is -0.0776 e. The molecule has 2 aromatic rings. The molecule has 0 saturated heterocycles. The minimum atomic E-state index is 0. The summed E-state index contributed by atoms with van der Waals surface area (Å²) in [7, 11) is 0. The molecular weight excluding hydrogens is 300 g/mol. The third-order valence-electron chi connectivity index (χ3n) is 4.01. The van der Waals surface area contributed by atoms with E-state index in [1.807, 2.05) is 0 Å². The molecule has 0 unspecified atom stereocenters. The lowest BCUT2D eigenvalue weighted by molar-refractivity contribution is 0.378. The third kappa shape index (κ3) is 13.4. The minimum absolute atomic E-state index is 0. The van der Waals surface area contributed by atoms with Gasteiger partial charge in [-0.05, 0) is 47.6 Å². The molecule has 0 amide bonds. The number of hydrogen-bond acceptors (Lipinski definition) is 0. The maximum absolute atomic E-state index is 2.29. The lowest BCUT2D eigenvalue weighted by Crippen LogP contribution is -2.06. The van der Waals surface area contributed by atoms with Crippen LogP contribution in [-0.2, 0) is 12.8 Å². The Hall–Kier alpha value is -1.56. The van der Waals surface area contributed by atoms with E-state index >= 15 is 0 Å². The monoisotopic (exact) mass is 340 g/mol. The van der Waals surface area contributed by atoms with Crippen LogP contribution in [0.1, 0.15) is 72.9 Å². The van der Waals surface area contributed by atoms with E-state index in [0.717, 1.165) is 0 Å². The first-order valence-corrected chi connectivity index (χ1v) is 9.24. The Morgan fingerprint density at radius 2 is 0.800 bits per heavy atom. The summed E-state index contributed by atoms with van der Waals surface area (Å²) in [6, 6.07) is 21.4. The van der Waals surface area contributed by atoms with Gasteiger partial charge in [0.25, 0.3) is 0 Å². The predicted molar refractivity (Wildman–Crippen MR) is 115 cm³/mol. The van der Waals surface area contributed by atoms with E-state index in [0.29, 0.717) is 10.8 Å². The summed E-state index contributed by atoms with van der Waals surface area (Å²) in [6.45, 7) is 13.7. The number of hydrogen-bond donors (Lipinski definition) is 0. The average molecular weight is 341 g/mol. The van der Waals surface area contributed by atoms with E-state index in [1.54, 1.807) is 0 Å². The summed E-state index contributed by atoms with van der Waals surface area (Å²) in [5.74, 6) is 0. The van der Waals surface area contributed by atoms with E-state index in [1.165, 1.54) is 36.8 Å². The second-order valence-electron chi connectivity index (χ2n) is 9.09. The Bertz CT molecular complexity index is 485. The van der Waals surface area contributed by atoms with Gasteiger partial charge in [0.2, 0.25) is 0 Å². The summed E-state index contributed by atoms with van der Waals surface area (Å²) in [6.07, 6.45) is 4.92. The van der Waals surface area contributed by atoms with Crippen LogP contribution in [0.2, 0.25) is 0 Å². The number of rotatable bonds is 4. The van der Waals surface area contributed by atoms with Crippen molar-refractivity contribution >= 4 is 0 Å². The normalized spacial score (nSPS) is 11.1. The second-order valence-corrected chi connectivity index (χ2v) is 9.09. The molecule has 0 fully saturated rings. The highest BCUT2D eigenvalue weighted by Crippen LogP contribution is 2.21. The second kappa shape index (κ2) is 11.1. The average Bonchev–Trinajstić information content (AvgIpc) is 2.52. The molecule has 0 spiro atoms. The smallest absolute Gasteiger partial charge is 0.0274 e. The van der Waals surface area contributed by atoms with Crippen molar-refractivity contribution in [1.29, 1.82) is 0 Å². The molecule has 0 heteroatoms. The van der Waals surface area contributed by atoms with Crippen molar-refractivity contribution in [1.82, 2.24) is 0 Å². The summed E-state index contributed by atoms with van der Waals surface area (Å²) in [5, 5.41) is 0. The fourth-order valence-corrected chi connectivity index (χ4v) is 2.33. The first-order valence-electron chi connectivity index (χ1n) is 9.24. The fourth-order valence-electron chi connectivity index (χ4n) is 2.33. The Kier molecular flexibility index (Phi) is 10.4. The van der Waals surface area contributed by atoms with Crippen molar-refractivity contribution in [2.24, 2.45) is 10.8 Å². The van der Waals surface area contributed by atoms with Crippen molar-refractivity contribution in [2.45, 2.75) is 74.7 Å². The summed E-state index contributed by atoms with van der Waals surface area (Å²) in [5.41, 5.74) is 3.81. The van der Waals surface area contributed by atoms with Crippen molar-refractivity contribution in [3.63, 3.8) is 0 Å². The molecule has 25 heavy (non-hydrogen) atoms. The Balaban J connectivity index is 0.000000443. The van der Waals surface area contributed by atoms with Gasteiger partial charge in [-0.15, -0.1) is 0 Å². The van der Waals surface area contributed by atoms with E-state index in [2.05, 4.69) is 102 Å². The van der Waals surface area contributed by atoms with Gasteiger partial charge >= 0.3 is 0 Å². The van der Waals surface area contributed by atoms with Gasteiger partial charge < -0.3 is 0 Å². The van der Waals surface area contributed by atoms with Gasteiger partial charge in [-0.25, -0.2) is 0 Å². The lowest BCUT2D eigenvalue weighted by atomic mass is 9.89. The number of benzene rings is 2. The standard InChI is InChI=1S/2C12H18.CH4/c2*1-12(2,3)10-9-11-7-5-4-6-8-11;/h2*4-8H,9-10H2,1-3H3;1H4. The zero-order valence-electron chi connectivity index (χ0n) is 16.6. The van der Waals surface area contributed by atoms with Crippen LogP contribution in [0.15, 0.2) is 60.7 Å². The van der Waals surface area contributed by atoms with Gasteiger partial charge in [-0.3, -0.25) is 0 Å². The largest absolute Gasteiger partial charge is 0.0776 e. The molecule has 0 aliphatic rings. The van der Waals surface area contributed by atoms with Crippen LogP contribution in [0.25, 0.3) is 0 Å². The molecule has 0 bridgehead atoms. The Morgan fingerprint density at radius 3 is 1.04 bits per heavy atom. The van der Waals surface area contributed by atoms with E-state index in [-0.39, 0.29) is 7.43 Å². The van der Waals surface area contributed by atoms with Gasteiger partial charge in [0, 0.05) is 0 Å². The Morgan fingerprint density at radius 1 is 0.520 bits per heavy atom. The molecular formula is C25H40. The number of aryl methyl sites for hydroxylation is 2. The molecule has 0 radical (unpaired) electrons. The zero-order chi connectivity index (χ0) is 18.1. The molecule has 0 nitrogen and oxygen atoms in total. The third-order valence-corrected chi connectivity index (χ3v) is 4.01. The highest BCUT2D eigenvalue weighted by molar-refractivity contribution is 5.15. The Labute approximate surface area is 157 Å². The van der Waals surface area contributed by atoms with Gasteiger partial charge in [-0.1, -0.05) is 110 Å². The zero-order valence-corrected chi connectivity index (χ0v) is 16.6. The lowest BCUT2D eigenvalue weighted by Gasteiger charge is -2.17. The highest BCUT2D eigenvalue weighted by atomic mass is 14.2. The van der Waals surface area contributed by atoms with Crippen LogP contribution in [0.3, 0.4) is 0 Å². The van der Waals surface area contributed by atoms with Crippen LogP contribution in [0.4, 0.5) is 0 Å². The first-order chi connectivity index (χ1) is 11.2. The summed E-state index contributed by atoms with van der Waals surface area (Å²) in [4.78, 5) is 0. The van der Waals surface area contributed by atoms with E-state index in [4.69, 9.17) is 0 Å². The summed E-state index contributed by atoms with van der Waals surface area (Å²) >= 11 is 0. The van der Waals surface area contributed by atoms with Crippen molar-refractivity contribution < 1.29 is 0 Å². The molecule has 0 heterocycles. The highest BCUT2D eigenvalue weighted by Gasteiger charge is 2.09. The molecule has 0 aromatic heterocycles. The predicted octanol–water partition coefficient (Wildman–Crippen LogP) is 7.97. The van der Waals surface area contributed by atoms with Crippen LogP contribution >= 0.6 is 0 Å². The summed E-state index contributed by atoms with van der Waals surface area (Å²) < 4.78 is 0. The van der Waals surface area contributed by atoms with Crippen LogP contribution in [0, 0.1) is 10.8 Å². The molecule has 0 atom stereocenters. The van der Waals surface area contributed by atoms with Crippen LogP contribution in [-0.4, -0.2) is 0 Å².